The maximum atomic E-state index is 13.6. The summed E-state index contributed by atoms with van der Waals surface area (Å²) in [6, 6.07) is 15.5. The number of amides is 1. The minimum absolute atomic E-state index is 0.0517. The van der Waals surface area contributed by atoms with Crippen molar-refractivity contribution in [2.75, 3.05) is 24.8 Å². The third-order valence-electron chi connectivity index (χ3n) is 7.52. The molecule has 4 heterocycles. The smallest absolute Gasteiger partial charge is 0.278 e. The number of thioether (sulfide) groups is 1. The van der Waals surface area contributed by atoms with Crippen LogP contribution in [0.1, 0.15) is 27.2 Å². The van der Waals surface area contributed by atoms with Gasteiger partial charge in [-0.1, -0.05) is 41.9 Å². The Hall–Kier alpha value is -2.75. The minimum atomic E-state index is -0.897. The van der Waals surface area contributed by atoms with E-state index in [0.29, 0.717) is 18.2 Å². The molecule has 0 unspecified atom stereocenters. The maximum absolute atomic E-state index is 13.6. The summed E-state index contributed by atoms with van der Waals surface area (Å²) >= 11 is 8.81. The highest BCUT2D eigenvalue weighted by atomic mass is 35.5. The van der Waals surface area contributed by atoms with Crippen LogP contribution in [0.2, 0.25) is 5.02 Å². The zero-order chi connectivity index (χ0) is 25.4. The number of nitrogens with zero attached hydrogens (tertiary/aromatic N) is 3. The van der Waals surface area contributed by atoms with Crippen LogP contribution in [-0.4, -0.2) is 70.1 Å². The van der Waals surface area contributed by atoms with Crippen LogP contribution in [0.15, 0.2) is 64.4 Å². The summed E-state index contributed by atoms with van der Waals surface area (Å²) in [5, 5.41) is 13.5. The Morgan fingerprint density at radius 3 is 2.61 bits per heavy atom. The quantitative estimate of drug-likeness (QED) is 0.458. The molecule has 12 heteroatoms. The fourth-order valence-corrected chi connectivity index (χ4v) is 7.61. The lowest BCUT2D eigenvalue weighted by Crippen LogP contribution is -2.71. The van der Waals surface area contributed by atoms with E-state index < -0.39 is 28.7 Å². The first kappa shape index (κ1) is 23.6. The molecule has 0 aliphatic carbocycles. The van der Waals surface area contributed by atoms with Crippen molar-refractivity contribution < 1.29 is 14.6 Å². The Morgan fingerprint density at radius 1 is 1.06 bits per heavy atom. The molecule has 0 spiro atoms. The van der Waals surface area contributed by atoms with E-state index in [1.807, 2.05) is 29.3 Å². The number of morpholine rings is 1. The fraction of sp³-hybridized carbons (Fsp3) is 0.250. The van der Waals surface area contributed by atoms with Crippen LogP contribution in [0.25, 0.3) is 0 Å². The molecule has 6 rings (SSSR count). The van der Waals surface area contributed by atoms with Crippen LogP contribution in [0, 0.1) is 0 Å². The van der Waals surface area contributed by atoms with Crippen molar-refractivity contribution in [2.45, 2.75) is 21.0 Å². The predicted molar refractivity (Wildman–Crippen MR) is 148 cm³/mol. The molecule has 3 aliphatic rings. The summed E-state index contributed by atoms with van der Waals surface area (Å²) in [5.74, 6) is -0.952. The van der Waals surface area contributed by atoms with Gasteiger partial charge >= 0.3 is 0 Å². The fourth-order valence-electron chi connectivity index (χ4n) is 5.90. The van der Waals surface area contributed by atoms with Crippen molar-refractivity contribution in [3.05, 3.63) is 92.4 Å². The van der Waals surface area contributed by atoms with Gasteiger partial charge in [-0.25, -0.2) is 0 Å². The first-order valence-corrected chi connectivity index (χ1v) is 13.1. The molecule has 0 bridgehead atoms. The summed E-state index contributed by atoms with van der Waals surface area (Å²) in [5.41, 5.74) is 1.46. The predicted octanol–water partition coefficient (Wildman–Crippen LogP) is -0.0260. The Bertz CT molecular complexity index is 1490. The van der Waals surface area contributed by atoms with Crippen LogP contribution in [-0.2, 0) is 14.7 Å². The highest BCUT2D eigenvalue weighted by molar-refractivity contribution is 8.02. The van der Waals surface area contributed by atoms with Crippen LogP contribution in [0.5, 0.6) is 5.75 Å². The molecule has 0 radical (unpaired) electrons. The monoisotopic (exact) mass is 517 g/mol. The second-order valence-corrected chi connectivity index (χ2v) is 12.0. The number of rotatable bonds is 1. The SMILES string of the molecule is BC1(B)Sc2ccccc2[C@](B)(N2[C@@H]3COCCN3C(=O)c3c(O)c(=O)ccn32)c2c(Cl)cccc21. The van der Waals surface area contributed by atoms with Crippen LogP contribution >= 0.6 is 23.4 Å². The van der Waals surface area contributed by atoms with Gasteiger partial charge in [-0.15, -0.1) is 11.8 Å². The normalized spacial score (nSPS) is 24.2. The van der Waals surface area contributed by atoms with Gasteiger partial charge in [0.05, 0.1) is 18.7 Å². The van der Waals surface area contributed by atoms with Crippen LogP contribution in [0.4, 0.5) is 0 Å². The molecule has 2 aromatic carbocycles. The molecule has 1 amide bonds. The van der Waals surface area contributed by atoms with Gasteiger partial charge in [0.25, 0.3) is 5.91 Å². The van der Waals surface area contributed by atoms with Crippen molar-refractivity contribution >= 4 is 52.8 Å². The lowest BCUT2D eigenvalue weighted by Gasteiger charge is -2.56. The Labute approximate surface area is 220 Å². The number of carbonyl (C=O) groups is 1. The second kappa shape index (κ2) is 8.13. The van der Waals surface area contributed by atoms with Crippen molar-refractivity contribution in [1.29, 1.82) is 0 Å². The lowest BCUT2D eigenvalue weighted by atomic mass is 9.58. The Kier molecular flexibility index (Phi) is 5.34. The highest BCUT2D eigenvalue weighted by Gasteiger charge is 2.53. The molecule has 180 valence electrons. The second-order valence-electron chi connectivity index (χ2n) is 9.96. The third kappa shape index (κ3) is 3.15. The van der Waals surface area contributed by atoms with Gasteiger partial charge in [0, 0.05) is 28.7 Å². The van der Waals surface area contributed by atoms with E-state index in [-0.39, 0.29) is 16.8 Å². The average Bonchev–Trinajstić information content (AvgIpc) is 2.93. The number of fused-ring (bicyclic) bond motifs is 4. The van der Waals surface area contributed by atoms with Gasteiger partial charge in [0.1, 0.15) is 29.7 Å². The number of halogens is 1. The number of aromatic hydroxyl groups is 1. The minimum Gasteiger partial charge on any atom is -0.502 e. The molecular formula is C24H23B3ClN3O4S. The molecule has 36 heavy (non-hydrogen) atoms. The molecule has 3 aliphatic heterocycles. The van der Waals surface area contributed by atoms with E-state index in [1.54, 1.807) is 27.5 Å². The number of benzene rings is 2. The van der Waals surface area contributed by atoms with Gasteiger partial charge in [-0.05, 0) is 33.4 Å². The summed E-state index contributed by atoms with van der Waals surface area (Å²) in [7, 11) is 6.46. The van der Waals surface area contributed by atoms with E-state index in [1.165, 1.54) is 6.07 Å². The van der Waals surface area contributed by atoms with E-state index in [9.17, 15) is 14.7 Å². The summed E-state index contributed by atoms with van der Waals surface area (Å²) in [6.07, 6.45) is 1.07. The van der Waals surface area contributed by atoms with Crippen molar-refractivity contribution in [3.63, 3.8) is 0 Å². The lowest BCUT2D eigenvalue weighted by molar-refractivity contribution is -0.0216. The first-order valence-electron chi connectivity index (χ1n) is 11.9. The van der Waals surface area contributed by atoms with E-state index in [4.69, 9.17) is 16.3 Å². The molecule has 2 atom stereocenters. The molecule has 1 fully saturated rings. The topological polar surface area (TPSA) is 75.0 Å². The molecule has 3 aromatic rings. The van der Waals surface area contributed by atoms with Crippen LogP contribution < -0.4 is 10.4 Å². The standard InChI is InChI=1S/C24H23B3ClN3O4S/c25-23(13-4-1-2-7-17(13)36-24(26,27)14-5-3-6-15(28)19(14)23)31-18-12-35-11-10-29(18)22(34)20-21(33)16(32)8-9-30(20)31/h1-9,18,33H,10-12,25-27H2/t18-,23+/m1/s1. The molecular weight excluding hydrogens is 494 g/mol. The molecule has 1 aromatic heterocycles. The van der Waals surface area contributed by atoms with E-state index in [2.05, 4.69) is 41.7 Å². The van der Waals surface area contributed by atoms with Gasteiger partial charge in [-0.2, -0.15) is 0 Å². The van der Waals surface area contributed by atoms with Crippen LogP contribution in [0.3, 0.4) is 0 Å². The molecule has 1 saturated heterocycles. The number of ether oxygens (including phenoxy) is 1. The molecule has 7 nitrogen and oxygen atoms in total. The van der Waals surface area contributed by atoms with Gasteiger partial charge in [0.15, 0.2) is 11.4 Å². The third-order valence-corrected chi connectivity index (χ3v) is 9.14. The average molecular weight is 517 g/mol. The highest BCUT2D eigenvalue weighted by Crippen LogP contribution is 2.53. The summed E-state index contributed by atoms with van der Waals surface area (Å²) in [6.45, 7) is 0.990. The number of aromatic nitrogens is 1. The zero-order valence-corrected chi connectivity index (χ0v) is 21.8. The zero-order valence-electron chi connectivity index (χ0n) is 20.2. The molecule has 0 saturated carbocycles. The summed E-state index contributed by atoms with van der Waals surface area (Å²) < 4.78 is 7.21. The van der Waals surface area contributed by atoms with E-state index in [0.717, 1.165) is 21.6 Å². The number of pyridine rings is 1. The van der Waals surface area contributed by atoms with Gasteiger partial charge in [0.2, 0.25) is 5.43 Å². The number of hydrogen-bond donors (Lipinski definition) is 1. The number of carbonyl (C=O) groups excluding carboxylic acids is 1. The summed E-state index contributed by atoms with van der Waals surface area (Å²) in [4.78, 5) is 28.8. The van der Waals surface area contributed by atoms with Gasteiger partial charge < -0.3 is 14.7 Å². The largest absolute Gasteiger partial charge is 0.502 e. The Morgan fingerprint density at radius 2 is 1.81 bits per heavy atom. The van der Waals surface area contributed by atoms with Crippen molar-refractivity contribution in [3.8, 4) is 5.75 Å². The van der Waals surface area contributed by atoms with Gasteiger partial charge in [-0.3, -0.25) is 19.3 Å². The van der Waals surface area contributed by atoms with Crippen molar-refractivity contribution in [2.24, 2.45) is 0 Å². The van der Waals surface area contributed by atoms with Crippen molar-refractivity contribution in [1.82, 2.24) is 9.58 Å². The first-order chi connectivity index (χ1) is 17.2. The van der Waals surface area contributed by atoms with E-state index >= 15 is 0 Å². The Balaban J connectivity index is 1.76. The number of hydrogen-bond acceptors (Lipinski definition) is 6. The molecule has 1 N–H and O–H groups in total. The maximum Gasteiger partial charge on any atom is 0.278 e.